The van der Waals surface area contributed by atoms with Crippen LogP contribution in [-0.4, -0.2) is 84.9 Å². The van der Waals surface area contributed by atoms with E-state index in [0.29, 0.717) is 43.9 Å². The van der Waals surface area contributed by atoms with Crippen LogP contribution in [0.2, 0.25) is 0 Å². The average Bonchev–Trinajstić information content (AvgIpc) is 3.27. The second kappa shape index (κ2) is 43.7. The van der Waals surface area contributed by atoms with E-state index in [9.17, 15) is 14.7 Å². The maximum Gasteiger partial charge on any atom is 0.305 e. The van der Waals surface area contributed by atoms with Gasteiger partial charge in [0.1, 0.15) is 0 Å². The molecule has 1 saturated carbocycles. The summed E-state index contributed by atoms with van der Waals surface area (Å²) in [5.41, 5.74) is 0. The van der Waals surface area contributed by atoms with E-state index in [2.05, 4.69) is 44.4 Å². The smallest absolute Gasteiger partial charge is 0.305 e. The van der Waals surface area contributed by atoms with Gasteiger partial charge >= 0.3 is 11.9 Å². The number of carbonyl (C=O) groups is 2. The summed E-state index contributed by atoms with van der Waals surface area (Å²) in [7, 11) is 0. The first-order valence-electron chi connectivity index (χ1n) is 27.8. The van der Waals surface area contributed by atoms with Gasteiger partial charge in [0.05, 0.1) is 19.3 Å². The molecule has 7 nitrogen and oxygen atoms in total. The van der Waals surface area contributed by atoms with Crippen molar-refractivity contribution in [2.75, 3.05) is 45.9 Å². The van der Waals surface area contributed by atoms with Gasteiger partial charge in [-0.25, -0.2) is 0 Å². The van der Waals surface area contributed by atoms with Crippen molar-refractivity contribution in [3.63, 3.8) is 0 Å². The van der Waals surface area contributed by atoms with E-state index in [4.69, 9.17) is 9.47 Å². The summed E-state index contributed by atoms with van der Waals surface area (Å²) in [6, 6.07) is 0.584. The number of rotatable bonds is 46. The molecule has 0 aromatic rings. The molecule has 0 spiro atoms. The molecular formula is C55H108N2O5. The fourth-order valence-corrected chi connectivity index (χ4v) is 9.69. The number of nitrogens with zero attached hydrogens (tertiary/aromatic N) is 2. The van der Waals surface area contributed by atoms with Crippen LogP contribution in [0.15, 0.2) is 0 Å². The van der Waals surface area contributed by atoms with Crippen molar-refractivity contribution in [3.8, 4) is 0 Å². The maximum atomic E-state index is 12.9. The molecule has 7 heteroatoms. The largest absolute Gasteiger partial charge is 0.465 e. The minimum absolute atomic E-state index is 0.00417. The van der Waals surface area contributed by atoms with Crippen molar-refractivity contribution >= 4 is 11.9 Å². The lowest BCUT2D eigenvalue weighted by molar-refractivity contribution is -0.146. The zero-order valence-electron chi connectivity index (χ0n) is 42.4. The summed E-state index contributed by atoms with van der Waals surface area (Å²) in [5.74, 6) is 1.03. The Morgan fingerprint density at radius 3 is 1.18 bits per heavy atom. The monoisotopic (exact) mass is 877 g/mol. The molecule has 0 heterocycles. The van der Waals surface area contributed by atoms with Crippen LogP contribution in [0, 0.1) is 11.8 Å². The Balaban J connectivity index is 2.58. The molecule has 0 aromatic heterocycles. The Morgan fingerprint density at radius 1 is 0.435 bits per heavy atom. The first-order valence-corrected chi connectivity index (χ1v) is 27.8. The van der Waals surface area contributed by atoms with E-state index in [1.807, 2.05) is 0 Å². The molecule has 1 fully saturated rings. The van der Waals surface area contributed by atoms with Gasteiger partial charge in [-0.15, -0.1) is 0 Å². The zero-order valence-corrected chi connectivity index (χ0v) is 42.4. The highest BCUT2D eigenvalue weighted by atomic mass is 16.5. The molecule has 368 valence electrons. The third kappa shape index (κ3) is 35.1. The first-order chi connectivity index (χ1) is 30.4. The SMILES string of the molecule is CCCCCCCC(CCCCCCC)COC(=O)CCCCCN(CCCCCC(=O)OCC(CCCCCCC)CCCCCCC)CCN(CCC)C1CCC(O)CC1. The molecule has 0 aromatic carbocycles. The van der Waals surface area contributed by atoms with Gasteiger partial charge in [0.2, 0.25) is 0 Å². The van der Waals surface area contributed by atoms with E-state index in [-0.39, 0.29) is 18.0 Å². The lowest BCUT2D eigenvalue weighted by Gasteiger charge is -2.37. The van der Waals surface area contributed by atoms with Gasteiger partial charge in [-0.05, 0) is 115 Å². The molecule has 0 unspecified atom stereocenters. The fourth-order valence-electron chi connectivity index (χ4n) is 9.69. The van der Waals surface area contributed by atoms with E-state index in [0.717, 1.165) is 103 Å². The molecule has 1 aliphatic carbocycles. The summed E-state index contributed by atoms with van der Waals surface area (Å²) in [6.07, 6.45) is 43.1. The van der Waals surface area contributed by atoms with E-state index in [1.54, 1.807) is 0 Å². The lowest BCUT2D eigenvalue weighted by atomic mass is 9.92. The van der Waals surface area contributed by atoms with Crippen molar-refractivity contribution in [2.45, 2.75) is 284 Å². The van der Waals surface area contributed by atoms with E-state index in [1.165, 1.54) is 154 Å². The van der Waals surface area contributed by atoms with Crippen LogP contribution < -0.4 is 0 Å². The predicted octanol–water partition coefficient (Wildman–Crippen LogP) is 15.2. The van der Waals surface area contributed by atoms with Crippen molar-refractivity contribution in [1.29, 1.82) is 0 Å². The molecule has 1 aliphatic rings. The Morgan fingerprint density at radius 2 is 0.806 bits per heavy atom. The van der Waals surface area contributed by atoms with Gasteiger partial charge in [-0.3, -0.25) is 14.5 Å². The van der Waals surface area contributed by atoms with Crippen LogP contribution in [0.1, 0.15) is 272 Å². The Labute approximate surface area is 386 Å². The summed E-state index contributed by atoms with van der Waals surface area (Å²) in [5, 5.41) is 10.1. The number of hydrogen-bond donors (Lipinski definition) is 1. The number of aliphatic hydroxyl groups is 1. The van der Waals surface area contributed by atoms with Gasteiger partial charge in [0, 0.05) is 32.0 Å². The topological polar surface area (TPSA) is 79.3 Å². The lowest BCUT2D eigenvalue weighted by Crippen LogP contribution is -2.44. The second-order valence-corrected chi connectivity index (χ2v) is 19.9. The molecule has 0 amide bonds. The minimum Gasteiger partial charge on any atom is -0.465 e. The normalized spacial score (nSPS) is 15.7. The molecule has 0 atom stereocenters. The molecule has 1 N–H and O–H groups in total. The van der Waals surface area contributed by atoms with E-state index >= 15 is 0 Å². The number of ether oxygens (including phenoxy) is 2. The Bertz CT molecular complexity index is 885. The van der Waals surface area contributed by atoms with Crippen LogP contribution in [0.25, 0.3) is 0 Å². The van der Waals surface area contributed by atoms with Gasteiger partial charge in [-0.1, -0.05) is 176 Å². The van der Waals surface area contributed by atoms with Crippen LogP contribution in [0.4, 0.5) is 0 Å². The number of esters is 2. The fraction of sp³-hybridized carbons (Fsp3) is 0.964. The molecule has 1 rings (SSSR count). The summed E-state index contributed by atoms with van der Waals surface area (Å²) in [6.45, 7) is 17.9. The molecule has 0 radical (unpaired) electrons. The van der Waals surface area contributed by atoms with Crippen molar-refractivity contribution in [3.05, 3.63) is 0 Å². The molecule has 0 saturated heterocycles. The zero-order chi connectivity index (χ0) is 45.1. The van der Waals surface area contributed by atoms with Crippen LogP contribution >= 0.6 is 0 Å². The van der Waals surface area contributed by atoms with Crippen LogP contribution in [-0.2, 0) is 19.1 Å². The van der Waals surface area contributed by atoms with Gasteiger partial charge < -0.3 is 19.5 Å². The quantitative estimate of drug-likeness (QED) is 0.0482. The van der Waals surface area contributed by atoms with Gasteiger partial charge in [-0.2, -0.15) is 0 Å². The third-order valence-corrected chi connectivity index (χ3v) is 13.9. The highest BCUT2D eigenvalue weighted by Crippen LogP contribution is 2.24. The average molecular weight is 877 g/mol. The number of carbonyl (C=O) groups excluding carboxylic acids is 2. The van der Waals surface area contributed by atoms with Crippen molar-refractivity contribution in [2.24, 2.45) is 11.8 Å². The standard InChI is InChI=1S/C55H108N2O5/c1-6-11-15-19-25-33-50(34-26-20-16-12-7-2)48-61-54(59)37-29-23-31-44-56(46-47-57(43-10-5)52-39-41-53(58)42-40-52)45-32-24-30-38-55(60)62-49-51(35-27-21-17-13-8-3)36-28-22-18-14-9-4/h50-53,58H,6-49H2,1-5H3. The second-order valence-electron chi connectivity index (χ2n) is 19.9. The minimum atomic E-state index is -0.120. The summed E-state index contributed by atoms with van der Waals surface area (Å²) in [4.78, 5) is 31.1. The van der Waals surface area contributed by atoms with Crippen LogP contribution in [0.3, 0.4) is 0 Å². The summed E-state index contributed by atoms with van der Waals surface area (Å²) >= 11 is 0. The summed E-state index contributed by atoms with van der Waals surface area (Å²) < 4.78 is 11.8. The number of unbranched alkanes of at least 4 members (excludes halogenated alkanes) is 20. The van der Waals surface area contributed by atoms with Crippen LogP contribution in [0.5, 0.6) is 0 Å². The van der Waals surface area contributed by atoms with Gasteiger partial charge in [0.15, 0.2) is 0 Å². The Kier molecular flexibility index (Phi) is 41.5. The van der Waals surface area contributed by atoms with Crippen molar-refractivity contribution < 1.29 is 24.2 Å². The molecule has 0 bridgehead atoms. The molecule has 62 heavy (non-hydrogen) atoms. The highest BCUT2D eigenvalue weighted by Gasteiger charge is 2.25. The number of hydrogen-bond acceptors (Lipinski definition) is 7. The first kappa shape index (κ1) is 58.8. The third-order valence-electron chi connectivity index (χ3n) is 13.9. The molecular weight excluding hydrogens is 769 g/mol. The van der Waals surface area contributed by atoms with Gasteiger partial charge in [0.25, 0.3) is 0 Å². The Hall–Kier alpha value is -1.18. The highest BCUT2D eigenvalue weighted by molar-refractivity contribution is 5.69. The van der Waals surface area contributed by atoms with Crippen molar-refractivity contribution in [1.82, 2.24) is 9.80 Å². The molecule has 0 aliphatic heterocycles. The van der Waals surface area contributed by atoms with E-state index < -0.39 is 0 Å². The predicted molar refractivity (Wildman–Crippen MR) is 266 cm³/mol. The maximum absolute atomic E-state index is 12.9. The number of aliphatic hydroxyl groups excluding tert-OH is 1.